The molecule has 7 heteroatoms. The van der Waals surface area contributed by atoms with Gasteiger partial charge in [-0.3, -0.25) is 9.59 Å². The Kier molecular flexibility index (Phi) is 9.90. The zero-order chi connectivity index (χ0) is 28.0. The summed E-state index contributed by atoms with van der Waals surface area (Å²) in [4.78, 5) is 42.1. The highest BCUT2D eigenvalue weighted by molar-refractivity contribution is 5.93. The fraction of sp³-hybridized carbons (Fsp3) is 0.500. The highest BCUT2D eigenvalue weighted by Crippen LogP contribution is 2.35. The van der Waals surface area contributed by atoms with Crippen LogP contribution in [0.1, 0.15) is 83.2 Å². The maximum absolute atomic E-state index is 14.0. The lowest BCUT2D eigenvalue weighted by atomic mass is 9.88. The topological polar surface area (TPSA) is 87.7 Å². The molecule has 2 aromatic rings. The molecule has 0 aliphatic carbocycles. The van der Waals surface area contributed by atoms with E-state index in [4.69, 9.17) is 4.74 Å². The van der Waals surface area contributed by atoms with Crippen LogP contribution in [0.5, 0.6) is 0 Å². The summed E-state index contributed by atoms with van der Waals surface area (Å²) in [5.41, 5.74) is 2.18. The summed E-state index contributed by atoms with van der Waals surface area (Å²) in [5, 5.41) is 5.71. The minimum Gasteiger partial charge on any atom is -0.444 e. The molecule has 0 saturated carbocycles. The summed E-state index contributed by atoms with van der Waals surface area (Å²) in [7, 11) is 0. The van der Waals surface area contributed by atoms with Crippen LogP contribution >= 0.6 is 0 Å². The second kappa shape index (κ2) is 12.3. The Hall–Kier alpha value is -3.35. The van der Waals surface area contributed by atoms with E-state index < -0.39 is 29.3 Å². The van der Waals surface area contributed by atoms with Gasteiger partial charge in [0.25, 0.3) is 0 Å². The van der Waals surface area contributed by atoms with Crippen LogP contribution in [-0.4, -0.2) is 40.0 Å². The third-order valence-electron chi connectivity index (χ3n) is 6.49. The van der Waals surface area contributed by atoms with Crippen LogP contribution in [0, 0.1) is 13.8 Å². The molecule has 0 aliphatic heterocycles. The number of alkyl carbamates (subject to hydrolysis) is 1. The first kappa shape index (κ1) is 29.9. The summed E-state index contributed by atoms with van der Waals surface area (Å²) in [6, 6.07) is 13.7. The van der Waals surface area contributed by atoms with Crippen molar-refractivity contribution >= 4 is 17.9 Å². The van der Waals surface area contributed by atoms with Crippen LogP contribution in [0.15, 0.2) is 48.5 Å². The highest BCUT2D eigenvalue weighted by atomic mass is 16.6. The molecule has 2 N–H and O–H groups in total. The molecule has 3 amide bonds. The number of amides is 3. The number of benzene rings is 2. The van der Waals surface area contributed by atoms with E-state index in [0.29, 0.717) is 13.0 Å². The number of aryl methyl sites for hydroxylation is 2. The summed E-state index contributed by atoms with van der Waals surface area (Å²) >= 11 is 0. The second-order valence-electron chi connectivity index (χ2n) is 11.2. The lowest BCUT2D eigenvalue weighted by molar-refractivity contribution is -0.149. The zero-order valence-corrected chi connectivity index (χ0v) is 23.8. The molecule has 0 heterocycles. The number of hydrogen-bond donors (Lipinski definition) is 2. The van der Waals surface area contributed by atoms with Gasteiger partial charge in [-0.2, -0.15) is 0 Å². The van der Waals surface area contributed by atoms with E-state index >= 15 is 0 Å². The first-order valence-electron chi connectivity index (χ1n) is 12.9. The zero-order valence-electron chi connectivity index (χ0n) is 23.8. The number of rotatable bonds is 9. The molecular weight excluding hydrogens is 466 g/mol. The standard InChI is InChI=1S/C30H43N3O4/c1-10-30(8,9)33(27(35)22(4)32-28(36)37-29(5,6)7)25(24-20(2)15-14-16-21(24)3)26(34)31-19-23-17-12-11-13-18-23/h11-18,22,25H,10,19H2,1-9H3,(H,31,34)(H,32,36). The molecule has 2 atom stereocenters. The van der Waals surface area contributed by atoms with E-state index in [9.17, 15) is 14.4 Å². The first-order valence-corrected chi connectivity index (χ1v) is 12.9. The first-order chi connectivity index (χ1) is 17.2. The summed E-state index contributed by atoms with van der Waals surface area (Å²) in [5.74, 6) is -0.638. The van der Waals surface area contributed by atoms with Crippen LogP contribution in [0.2, 0.25) is 0 Å². The number of ether oxygens (including phenoxy) is 1. The molecule has 202 valence electrons. The van der Waals surface area contributed by atoms with Crippen LogP contribution < -0.4 is 10.6 Å². The van der Waals surface area contributed by atoms with Crippen molar-refractivity contribution in [2.75, 3.05) is 0 Å². The summed E-state index contributed by atoms with van der Waals surface area (Å²) in [6.45, 7) is 17.0. The lowest BCUT2D eigenvalue weighted by Gasteiger charge is -2.45. The summed E-state index contributed by atoms with van der Waals surface area (Å²) in [6.07, 6.45) is -0.0783. The van der Waals surface area contributed by atoms with Crippen molar-refractivity contribution in [1.82, 2.24) is 15.5 Å². The van der Waals surface area contributed by atoms with E-state index in [-0.39, 0.29) is 11.8 Å². The van der Waals surface area contributed by atoms with Gasteiger partial charge >= 0.3 is 6.09 Å². The van der Waals surface area contributed by atoms with Gasteiger partial charge in [-0.15, -0.1) is 0 Å². The number of nitrogens with zero attached hydrogens (tertiary/aromatic N) is 1. The molecule has 0 bridgehead atoms. The second-order valence-corrected chi connectivity index (χ2v) is 11.2. The van der Waals surface area contributed by atoms with Gasteiger partial charge < -0.3 is 20.3 Å². The van der Waals surface area contributed by atoms with Crippen molar-refractivity contribution in [2.45, 2.75) is 98.5 Å². The quantitative estimate of drug-likeness (QED) is 0.461. The van der Waals surface area contributed by atoms with E-state index in [1.165, 1.54) is 0 Å². The van der Waals surface area contributed by atoms with Gasteiger partial charge in [-0.25, -0.2) is 4.79 Å². The Labute approximate surface area is 222 Å². The van der Waals surface area contributed by atoms with Crippen molar-refractivity contribution in [1.29, 1.82) is 0 Å². The maximum atomic E-state index is 14.0. The molecule has 7 nitrogen and oxygen atoms in total. The van der Waals surface area contributed by atoms with Crippen molar-refractivity contribution in [3.63, 3.8) is 0 Å². The largest absolute Gasteiger partial charge is 0.444 e. The molecule has 0 radical (unpaired) electrons. The average Bonchev–Trinajstić information content (AvgIpc) is 2.80. The Morgan fingerprint density at radius 1 is 0.919 bits per heavy atom. The Morgan fingerprint density at radius 3 is 2.00 bits per heavy atom. The third kappa shape index (κ3) is 8.07. The van der Waals surface area contributed by atoms with Crippen LogP contribution in [0.4, 0.5) is 4.79 Å². The van der Waals surface area contributed by atoms with Gasteiger partial charge in [0.15, 0.2) is 0 Å². The monoisotopic (exact) mass is 509 g/mol. The van der Waals surface area contributed by atoms with E-state index in [1.54, 1.807) is 32.6 Å². The van der Waals surface area contributed by atoms with Gasteiger partial charge in [0.05, 0.1) is 0 Å². The predicted molar refractivity (Wildman–Crippen MR) is 147 cm³/mol. The molecule has 0 aliphatic rings. The van der Waals surface area contributed by atoms with E-state index in [2.05, 4.69) is 10.6 Å². The molecule has 0 saturated heterocycles. The molecular formula is C30H43N3O4. The molecule has 2 unspecified atom stereocenters. The fourth-order valence-electron chi connectivity index (χ4n) is 4.22. The molecule has 0 fully saturated rings. The van der Waals surface area contributed by atoms with E-state index in [0.717, 1.165) is 22.3 Å². The number of hydrogen-bond acceptors (Lipinski definition) is 4. The van der Waals surface area contributed by atoms with Crippen molar-refractivity contribution < 1.29 is 19.1 Å². The van der Waals surface area contributed by atoms with Gasteiger partial charge in [0.2, 0.25) is 11.8 Å². The predicted octanol–water partition coefficient (Wildman–Crippen LogP) is 5.59. The van der Waals surface area contributed by atoms with Crippen molar-refractivity contribution in [3.8, 4) is 0 Å². The average molecular weight is 510 g/mol. The highest BCUT2D eigenvalue weighted by Gasteiger charge is 2.43. The lowest BCUT2D eigenvalue weighted by Crippen LogP contribution is -2.58. The minimum atomic E-state index is -0.908. The normalized spacial score (nSPS) is 13.3. The van der Waals surface area contributed by atoms with Gasteiger partial charge in [-0.05, 0) is 84.1 Å². The molecule has 2 aromatic carbocycles. The third-order valence-corrected chi connectivity index (χ3v) is 6.49. The molecule has 0 spiro atoms. The Morgan fingerprint density at radius 2 is 1.49 bits per heavy atom. The smallest absolute Gasteiger partial charge is 0.408 e. The Bertz CT molecular complexity index is 1070. The molecule has 2 rings (SSSR count). The molecule has 0 aromatic heterocycles. The number of carbonyl (C=O) groups is 3. The van der Waals surface area contributed by atoms with Crippen LogP contribution in [0.25, 0.3) is 0 Å². The maximum Gasteiger partial charge on any atom is 0.408 e. The summed E-state index contributed by atoms with van der Waals surface area (Å²) < 4.78 is 5.37. The van der Waals surface area contributed by atoms with Gasteiger partial charge in [0, 0.05) is 12.1 Å². The van der Waals surface area contributed by atoms with Crippen LogP contribution in [0.3, 0.4) is 0 Å². The minimum absolute atomic E-state index is 0.277. The van der Waals surface area contributed by atoms with Gasteiger partial charge in [0.1, 0.15) is 17.7 Å². The van der Waals surface area contributed by atoms with Gasteiger partial charge in [-0.1, -0.05) is 55.5 Å². The fourth-order valence-corrected chi connectivity index (χ4v) is 4.22. The van der Waals surface area contributed by atoms with Crippen molar-refractivity contribution in [3.05, 3.63) is 70.8 Å². The van der Waals surface area contributed by atoms with E-state index in [1.807, 2.05) is 83.1 Å². The van der Waals surface area contributed by atoms with Crippen LogP contribution in [-0.2, 0) is 20.9 Å². The number of nitrogens with one attached hydrogen (secondary N) is 2. The van der Waals surface area contributed by atoms with Crippen molar-refractivity contribution in [2.24, 2.45) is 0 Å². The SMILES string of the molecule is CCC(C)(C)N(C(=O)C(C)NC(=O)OC(C)(C)C)C(C(=O)NCc1ccccc1)c1c(C)cccc1C. The number of carbonyl (C=O) groups excluding carboxylic acids is 3. The Balaban J connectivity index is 2.53. The molecule has 37 heavy (non-hydrogen) atoms.